The molecule has 1 fully saturated rings. The Labute approximate surface area is 121 Å². The highest BCUT2D eigenvalue weighted by Gasteiger charge is 2.20. The first-order chi connectivity index (χ1) is 10.1. The fourth-order valence-corrected chi connectivity index (χ4v) is 1.93. The van der Waals surface area contributed by atoms with Crippen LogP contribution in [0.1, 0.15) is 12.5 Å². The van der Waals surface area contributed by atoms with Gasteiger partial charge in [-0.1, -0.05) is 17.3 Å². The van der Waals surface area contributed by atoms with Crippen molar-refractivity contribution in [3.8, 4) is 0 Å². The number of hydrogen-bond donors (Lipinski definition) is 0. The van der Waals surface area contributed by atoms with E-state index in [0.29, 0.717) is 37.7 Å². The summed E-state index contributed by atoms with van der Waals surface area (Å²) in [6.45, 7) is 3.43. The lowest BCUT2D eigenvalue weighted by Gasteiger charge is -2.29. The van der Waals surface area contributed by atoms with Crippen LogP contribution < -0.4 is 0 Å². The van der Waals surface area contributed by atoms with Crippen LogP contribution in [0, 0.1) is 10.1 Å². The fraction of sp³-hybridized carbons (Fsp3) is 0.385. The highest BCUT2D eigenvalue weighted by molar-refractivity contribution is 5.99. The first kappa shape index (κ1) is 14.9. The van der Waals surface area contributed by atoms with Gasteiger partial charge in [-0.15, -0.1) is 0 Å². The molecule has 0 radical (unpaired) electrons. The van der Waals surface area contributed by atoms with Crippen LogP contribution >= 0.6 is 0 Å². The van der Waals surface area contributed by atoms with Crippen LogP contribution in [-0.2, 0) is 14.4 Å². The molecule has 0 spiro atoms. The topological polar surface area (TPSA) is 94.3 Å². The van der Waals surface area contributed by atoms with Gasteiger partial charge in [0.1, 0.15) is 0 Å². The van der Waals surface area contributed by atoms with E-state index in [9.17, 15) is 14.9 Å². The molecule has 1 aliphatic rings. The second kappa shape index (κ2) is 6.80. The average molecular weight is 293 g/mol. The van der Waals surface area contributed by atoms with E-state index in [-0.39, 0.29) is 5.69 Å². The maximum absolute atomic E-state index is 11.0. The number of nitro benzene ring substituents is 1. The van der Waals surface area contributed by atoms with Crippen molar-refractivity contribution in [2.24, 2.45) is 5.16 Å². The quantitative estimate of drug-likeness (QED) is 0.273. The number of ether oxygens (including phenoxy) is 1. The van der Waals surface area contributed by atoms with Crippen molar-refractivity contribution in [1.29, 1.82) is 0 Å². The third-order valence-corrected chi connectivity index (χ3v) is 2.89. The molecule has 1 saturated heterocycles. The molecule has 0 atom stereocenters. The van der Waals surface area contributed by atoms with Crippen molar-refractivity contribution >= 4 is 17.5 Å². The zero-order valence-corrected chi connectivity index (χ0v) is 11.5. The average Bonchev–Trinajstić information content (AvgIpc) is 2.48. The molecule has 112 valence electrons. The smallest absolute Gasteiger partial charge is 0.332 e. The molecule has 0 aromatic heterocycles. The number of amidine groups is 1. The summed E-state index contributed by atoms with van der Waals surface area (Å²) in [7, 11) is 0. The van der Waals surface area contributed by atoms with Crippen LogP contribution in [0.25, 0.3) is 0 Å². The largest absolute Gasteiger partial charge is 0.378 e. The van der Waals surface area contributed by atoms with Crippen molar-refractivity contribution in [2.75, 3.05) is 26.3 Å². The SMILES string of the molecule is CC(=O)O/N=C(/c1cccc([N+](=O)[O-])c1)N1CCOCC1. The first-order valence-corrected chi connectivity index (χ1v) is 6.41. The molecule has 21 heavy (non-hydrogen) atoms. The van der Waals surface area contributed by atoms with Crippen molar-refractivity contribution in [3.63, 3.8) is 0 Å². The number of nitrogens with zero attached hydrogens (tertiary/aromatic N) is 3. The summed E-state index contributed by atoms with van der Waals surface area (Å²) < 4.78 is 5.26. The Bertz CT molecular complexity index is 567. The van der Waals surface area contributed by atoms with Crippen LogP contribution in [0.2, 0.25) is 0 Å². The van der Waals surface area contributed by atoms with Crippen molar-refractivity contribution in [3.05, 3.63) is 39.9 Å². The van der Waals surface area contributed by atoms with Gasteiger partial charge in [0.2, 0.25) is 0 Å². The number of oxime groups is 1. The highest BCUT2D eigenvalue weighted by Crippen LogP contribution is 2.16. The van der Waals surface area contributed by atoms with Crippen molar-refractivity contribution in [1.82, 2.24) is 4.90 Å². The van der Waals surface area contributed by atoms with E-state index in [2.05, 4.69) is 5.16 Å². The molecule has 1 aliphatic heterocycles. The minimum Gasteiger partial charge on any atom is -0.378 e. The Morgan fingerprint density at radius 1 is 1.43 bits per heavy atom. The van der Waals surface area contributed by atoms with E-state index in [1.54, 1.807) is 12.1 Å². The zero-order valence-electron chi connectivity index (χ0n) is 11.5. The number of carbonyl (C=O) groups is 1. The third-order valence-electron chi connectivity index (χ3n) is 2.89. The molecule has 0 saturated carbocycles. The number of carbonyl (C=O) groups excluding carboxylic acids is 1. The number of morpholine rings is 1. The van der Waals surface area contributed by atoms with Crippen LogP contribution in [0.4, 0.5) is 5.69 Å². The molecule has 0 unspecified atom stereocenters. The van der Waals surface area contributed by atoms with Gasteiger partial charge in [-0.2, -0.15) is 0 Å². The second-order valence-corrected chi connectivity index (χ2v) is 4.40. The molecule has 2 rings (SSSR count). The maximum atomic E-state index is 11.0. The molecule has 8 nitrogen and oxygen atoms in total. The zero-order chi connectivity index (χ0) is 15.2. The molecular formula is C13H15N3O5. The second-order valence-electron chi connectivity index (χ2n) is 4.40. The summed E-state index contributed by atoms with van der Waals surface area (Å²) in [5.74, 6) is -0.164. The molecule has 0 bridgehead atoms. The van der Waals surface area contributed by atoms with E-state index in [0.717, 1.165) is 0 Å². The summed E-state index contributed by atoms with van der Waals surface area (Å²) in [4.78, 5) is 27.9. The molecule has 0 amide bonds. The van der Waals surface area contributed by atoms with Gasteiger partial charge in [0.25, 0.3) is 5.69 Å². The predicted octanol–water partition coefficient (Wildman–Crippen LogP) is 1.15. The summed E-state index contributed by atoms with van der Waals surface area (Å²) in [6.07, 6.45) is 0. The van der Waals surface area contributed by atoms with Gasteiger partial charge in [0.05, 0.1) is 18.1 Å². The lowest BCUT2D eigenvalue weighted by Crippen LogP contribution is -2.41. The van der Waals surface area contributed by atoms with Gasteiger partial charge in [-0.3, -0.25) is 10.1 Å². The van der Waals surface area contributed by atoms with Gasteiger partial charge >= 0.3 is 5.97 Å². The summed E-state index contributed by atoms with van der Waals surface area (Å²) in [5.41, 5.74) is 0.476. The van der Waals surface area contributed by atoms with E-state index in [4.69, 9.17) is 9.57 Å². The minimum atomic E-state index is -0.550. The number of benzene rings is 1. The Kier molecular flexibility index (Phi) is 4.83. The number of rotatable bonds is 3. The van der Waals surface area contributed by atoms with Crippen LogP contribution in [0.3, 0.4) is 0 Å². The highest BCUT2D eigenvalue weighted by atomic mass is 16.7. The number of non-ortho nitro benzene ring substituents is 1. The van der Waals surface area contributed by atoms with Crippen molar-refractivity contribution in [2.45, 2.75) is 6.92 Å². The first-order valence-electron chi connectivity index (χ1n) is 6.41. The molecule has 0 aliphatic carbocycles. The van der Waals surface area contributed by atoms with Gasteiger partial charge in [0, 0.05) is 37.7 Å². The minimum absolute atomic E-state index is 0.0451. The Morgan fingerprint density at radius 2 is 2.14 bits per heavy atom. The lowest BCUT2D eigenvalue weighted by atomic mass is 10.1. The molecule has 1 heterocycles. The van der Waals surface area contributed by atoms with E-state index in [1.807, 2.05) is 4.90 Å². The van der Waals surface area contributed by atoms with Crippen LogP contribution in [0.5, 0.6) is 0 Å². The molecule has 8 heteroatoms. The fourth-order valence-electron chi connectivity index (χ4n) is 1.93. The van der Waals surface area contributed by atoms with Gasteiger partial charge < -0.3 is 14.5 Å². The standard InChI is InChI=1S/C13H15N3O5/c1-10(17)21-14-13(15-5-7-20-8-6-15)11-3-2-4-12(9-11)16(18)19/h2-4,9H,5-8H2,1H3/b14-13-. The monoisotopic (exact) mass is 293 g/mol. The summed E-state index contributed by atoms with van der Waals surface area (Å²) >= 11 is 0. The lowest BCUT2D eigenvalue weighted by molar-refractivity contribution is -0.384. The molecule has 0 N–H and O–H groups in total. The predicted molar refractivity (Wildman–Crippen MR) is 73.8 cm³/mol. The molecule has 1 aromatic carbocycles. The normalized spacial score (nSPS) is 15.7. The Hall–Kier alpha value is -2.48. The summed E-state index contributed by atoms with van der Waals surface area (Å²) in [5, 5.41) is 14.7. The van der Waals surface area contributed by atoms with Gasteiger partial charge in [-0.05, 0) is 0 Å². The van der Waals surface area contributed by atoms with Crippen LogP contribution in [-0.4, -0.2) is 47.9 Å². The Morgan fingerprint density at radius 3 is 2.76 bits per heavy atom. The summed E-state index contributed by atoms with van der Waals surface area (Å²) in [6, 6.07) is 6.05. The van der Waals surface area contributed by atoms with E-state index < -0.39 is 10.9 Å². The van der Waals surface area contributed by atoms with E-state index >= 15 is 0 Å². The molecule has 1 aromatic rings. The molecular weight excluding hydrogens is 278 g/mol. The van der Waals surface area contributed by atoms with Crippen molar-refractivity contribution < 1.29 is 19.3 Å². The van der Waals surface area contributed by atoms with Gasteiger partial charge in [-0.25, -0.2) is 4.79 Å². The third kappa shape index (κ3) is 3.99. The van der Waals surface area contributed by atoms with E-state index in [1.165, 1.54) is 19.1 Å². The number of nitro groups is 1. The van der Waals surface area contributed by atoms with Crippen LogP contribution in [0.15, 0.2) is 29.4 Å². The number of hydrogen-bond acceptors (Lipinski definition) is 6. The van der Waals surface area contributed by atoms with Gasteiger partial charge in [0.15, 0.2) is 5.84 Å². The Balaban J connectivity index is 2.33. The maximum Gasteiger partial charge on any atom is 0.332 e.